The van der Waals surface area contributed by atoms with E-state index in [9.17, 15) is 14.4 Å². The summed E-state index contributed by atoms with van der Waals surface area (Å²) in [6.45, 7) is 7.30. The van der Waals surface area contributed by atoms with Crippen molar-refractivity contribution in [3.05, 3.63) is 0 Å². The van der Waals surface area contributed by atoms with E-state index in [1.807, 2.05) is 13.8 Å². The maximum absolute atomic E-state index is 11.6. The van der Waals surface area contributed by atoms with Crippen molar-refractivity contribution >= 4 is 17.7 Å². The van der Waals surface area contributed by atoms with E-state index < -0.39 is 5.97 Å². The van der Waals surface area contributed by atoms with Crippen LogP contribution in [0.2, 0.25) is 0 Å². The van der Waals surface area contributed by atoms with E-state index in [2.05, 4.69) is 5.32 Å². The van der Waals surface area contributed by atoms with Gasteiger partial charge in [-0.25, -0.2) is 0 Å². The summed E-state index contributed by atoms with van der Waals surface area (Å²) in [5, 5.41) is 11.4. The molecule has 0 saturated carbocycles. The Balaban J connectivity index is 4.18. The molecule has 0 rings (SSSR count). The predicted octanol–water partition coefficient (Wildman–Crippen LogP) is 1.61. The summed E-state index contributed by atoms with van der Waals surface area (Å²) in [7, 11) is 0. The minimum Gasteiger partial charge on any atom is -0.481 e. The number of amides is 1. The number of ketones is 1. The highest BCUT2D eigenvalue weighted by Crippen LogP contribution is 2.08. The summed E-state index contributed by atoms with van der Waals surface area (Å²) in [5.74, 6) is -1.18. The van der Waals surface area contributed by atoms with E-state index in [-0.39, 0.29) is 48.8 Å². The van der Waals surface area contributed by atoms with Crippen molar-refractivity contribution in [2.45, 2.75) is 53.0 Å². The Labute approximate surface area is 108 Å². The molecule has 0 aliphatic carbocycles. The van der Waals surface area contributed by atoms with Gasteiger partial charge in [0, 0.05) is 24.8 Å². The quantitative estimate of drug-likeness (QED) is 0.692. The fraction of sp³-hybridized carbons (Fsp3) is 0.769. The third-order valence-electron chi connectivity index (χ3n) is 2.79. The molecule has 104 valence electrons. The molecule has 5 nitrogen and oxygen atoms in total. The highest BCUT2D eigenvalue weighted by atomic mass is 16.4. The number of carboxylic acids is 1. The van der Waals surface area contributed by atoms with Gasteiger partial charge in [-0.2, -0.15) is 0 Å². The monoisotopic (exact) mass is 257 g/mol. The minimum atomic E-state index is -0.938. The molecule has 2 N–H and O–H groups in total. The van der Waals surface area contributed by atoms with Crippen LogP contribution < -0.4 is 5.32 Å². The van der Waals surface area contributed by atoms with Crippen LogP contribution in [0.4, 0.5) is 0 Å². The number of rotatable bonds is 8. The first-order chi connectivity index (χ1) is 8.23. The highest BCUT2D eigenvalue weighted by Gasteiger charge is 2.19. The lowest BCUT2D eigenvalue weighted by molar-refractivity contribution is -0.138. The Bertz CT molecular complexity index is 310. The van der Waals surface area contributed by atoms with Gasteiger partial charge in [-0.1, -0.05) is 27.7 Å². The van der Waals surface area contributed by atoms with E-state index in [0.29, 0.717) is 0 Å². The molecule has 0 heterocycles. The van der Waals surface area contributed by atoms with Crippen LogP contribution in [0, 0.1) is 11.8 Å². The first-order valence-corrected chi connectivity index (χ1v) is 6.27. The van der Waals surface area contributed by atoms with Gasteiger partial charge in [-0.3, -0.25) is 14.4 Å². The van der Waals surface area contributed by atoms with Crippen molar-refractivity contribution in [3.8, 4) is 0 Å². The van der Waals surface area contributed by atoms with Crippen LogP contribution in [-0.4, -0.2) is 28.8 Å². The number of carbonyl (C=O) groups is 3. The van der Waals surface area contributed by atoms with Crippen molar-refractivity contribution in [1.29, 1.82) is 0 Å². The van der Waals surface area contributed by atoms with Crippen LogP contribution in [0.15, 0.2) is 0 Å². The summed E-state index contributed by atoms with van der Waals surface area (Å²) in [6.07, 6.45) is 0.239. The zero-order valence-corrected chi connectivity index (χ0v) is 11.5. The first kappa shape index (κ1) is 16.6. The lowest BCUT2D eigenvalue weighted by Gasteiger charge is -2.20. The standard InChI is InChI=1S/C13H23NO4/c1-8(2)10(7-13(17)18)14-12(16)6-5-11(15)9(3)4/h8-10H,5-7H2,1-4H3,(H,14,16)(H,17,18). The van der Waals surface area contributed by atoms with Gasteiger partial charge >= 0.3 is 5.97 Å². The second kappa shape index (κ2) is 7.84. The van der Waals surface area contributed by atoms with Crippen molar-refractivity contribution < 1.29 is 19.5 Å². The lowest BCUT2D eigenvalue weighted by Crippen LogP contribution is -2.40. The van der Waals surface area contributed by atoms with Crippen LogP contribution in [0.5, 0.6) is 0 Å². The fourth-order valence-electron chi connectivity index (χ4n) is 1.45. The number of carbonyl (C=O) groups excluding carboxylic acids is 2. The molecule has 18 heavy (non-hydrogen) atoms. The van der Waals surface area contributed by atoms with E-state index >= 15 is 0 Å². The predicted molar refractivity (Wildman–Crippen MR) is 68.1 cm³/mol. The van der Waals surface area contributed by atoms with Gasteiger partial charge in [-0.15, -0.1) is 0 Å². The zero-order valence-electron chi connectivity index (χ0n) is 11.5. The molecule has 0 aromatic carbocycles. The summed E-state index contributed by atoms with van der Waals surface area (Å²) in [5.41, 5.74) is 0. The molecule has 0 radical (unpaired) electrons. The summed E-state index contributed by atoms with van der Waals surface area (Å²) in [6, 6.07) is -0.385. The molecule has 0 fully saturated rings. The number of aliphatic carboxylic acids is 1. The maximum atomic E-state index is 11.6. The lowest BCUT2D eigenvalue weighted by atomic mass is 10.00. The SMILES string of the molecule is CC(C)C(=O)CCC(=O)NC(CC(=O)O)C(C)C. The maximum Gasteiger partial charge on any atom is 0.305 e. The van der Waals surface area contributed by atoms with Gasteiger partial charge in [-0.05, 0) is 5.92 Å². The van der Waals surface area contributed by atoms with Crippen LogP contribution in [0.1, 0.15) is 47.0 Å². The van der Waals surface area contributed by atoms with Crippen LogP contribution >= 0.6 is 0 Å². The molecule has 1 atom stereocenters. The zero-order chi connectivity index (χ0) is 14.3. The molecule has 5 heteroatoms. The number of carboxylic acid groups (broad SMARTS) is 1. The second-order valence-corrected chi connectivity index (χ2v) is 5.14. The highest BCUT2D eigenvalue weighted by molar-refractivity contribution is 5.86. The van der Waals surface area contributed by atoms with Gasteiger partial charge in [0.15, 0.2) is 0 Å². The van der Waals surface area contributed by atoms with E-state index in [4.69, 9.17) is 5.11 Å². The molecule has 1 amide bonds. The van der Waals surface area contributed by atoms with Gasteiger partial charge < -0.3 is 10.4 Å². The van der Waals surface area contributed by atoms with Gasteiger partial charge in [0.25, 0.3) is 0 Å². The van der Waals surface area contributed by atoms with Crippen molar-refractivity contribution in [3.63, 3.8) is 0 Å². The Morgan fingerprint density at radius 2 is 1.61 bits per heavy atom. The van der Waals surface area contributed by atoms with E-state index in [1.165, 1.54) is 0 Å². The molecule has 1 unspecified atom stereocenters. The van der Waals surface area contributed by atoms with Gasteiger partial charge in [0.2, 0.25) is 5.91 Å². The Morgan fingerprint density at radius 1 is 1.06 bits per heavy atom. The number of hydrogen-bond donors (Lipinski definition) is 2. The summed E-state index contributed by atoms with van der Waals surface area (Å²) < 4.78 is 0. The van der Waals surface area contributed by atoms with Crippen molar-refractivity contribution in [1.82, 2.24) is 5.32 Å². The molecule has 0 aromatic heterocycles. The molecular formula is C13H23NO4. The smallest absolute Gasteiger partial charge is 0.305 e. The molecule has 0 aromatic rings. The topological polar surface area (TPSA) is 83.5 Å². The second-order valence-electron chi connectivity index (χ2n) is 5.14. The third kappa shape index (κ3) is 7.04. The molecule has 0 aliphatic heterocycles. The average Bonchev–Trinajstić information content (AvgIpc) is 2.23. The van der Waals surface area contributed by atoms with Crippen LogP contribution in [0.25, 0.3) is 0 Å². The normalized spacial score (nSPS) is 12.6. The average molecular weight is 257 g/mol. The fourth-order valence-corrected chi connectivity index (χ4v) is 1.45. The Kier molecular flexibility index (Phi) is 7.24. The number of nitrogens with one attached hydrogen (secondary N) is 1. The van der Waals surface area contributed by atoms with Gasteiger partial charge in [0.05, 0.1) is 6.42 Å². The van der Waals surface area contributed by atoms with E-state index in [1.54, 1.807) is 13.8 Å². The van der Waals surface area contributed by atoms with Crippen molar-refractivity contribution in [2.75, 3.05) is 0 Å². The minimum absolute atomic E-state index is 0.0458. The number of Topliss-reactive ketones (excluding diaryl/α,β-unsaturated/α-hetero) is 1. The molecule has 0 bridgehead atoms. The summed E-state index contributed by atoms with van der Waals surface area (Å²) >= 11 is 0. The van der Waals surface area contributed by atoms with Crippen LogP contribution in [0.3, 0.4) is 0 Å². The van der Waals surface area contributed by atoms with E-state index in [0.717, 1.165) is 0 Å². The Morgan fingerprint density at radius 3 is 2.00 bits per heavy atom. The van der Waals surface area contributed by atoms with Crippen LogP contribution in [-0.2, 0) is 14.4 Å². The molecule has 0 aliphatic rings. The molecular weight excluding hydrogens is 234 g/mol. The first-order valence-electron chi connectivity index (χ1n) is 6.27. The molecule has 0 saturated heterocycles. The third-order valence-corrected chi connectivity index (χ3v) is 2.79. The van der Waals surface area contributed by atoms with Crippen molar-refractivity contribution in [2.24, 2.45) is 11.8 Å². The van der Waals surface area contributed by atoms with Gasteiger partial charge in [0.1, 0.15) is 5.78 Å². The largest absolute Gasteiger partial charge is 0.481 e. The Hall–Kier alpha value is -1.39. The summed E-state index contributed by atoms with van der Waals surface area (Å²) in [4.78, 5) is 33.6. The molecule has 0 spiro atoms. The number of hydrogen-bond acceptors (Lipinski definition) is 3.